The third-order valence-electron chi connectivity index (χ3n) is 6.68. The fraction of sp³-hybridized carbons (Fsp3) is 0.303. The second kappa shape index (κ2) is 14.9. The van der Waals surface area contributed by atoms with Crippen LogP contribution in [0, 0.1) is 13.8 Å². The predicted octanol–water partition coefficient (Wildman–Crippen LogP) is 6.39. The number of aryl methyl sites for hydroxylation is 2. The fourth-order valence-corrected chi connectivity index (χ4v) is 4.41. The average Bonchev–Trinajstić information content (AvgIpc) is 3.00. The van der Waals surface area contributed by atoms with Crippen LogP contribution in [0.15, 0.2) is 72.9 Å². The smallest absolute Gasteiger partial charge is 0.421 e. The van der Waals surface area contributed by atoms with Gasteiger partial charge in [0, 0.05) is 24.0 Å². The zero-order valence-corrected chi connectivity index (χ0v) is 25.6. The molecule has 3 aromatic carbocycles. The minimum Gasteiger partial charge on any atom is -0.497 e. The van der Waals surface area contributed by atoms with Crippen LogP contribution in [0.25, 0.3) is 0 Å². The van der Waals surface area contributed by atoms with Gasteiger partial charge in [-0.25, -0.2) is 9.78 Å². The highest BCUT2D eigenvalue weighted by Crippen LogP contribution is 2.29. The molecule has 1 N–H and O–H groups in total. The monoisotopic (exact) mass is 585 g/mol. The molecule has 1 aromatic heterocycles. The molecule has 43 heavy (non-hydrogen) atoms. The highest BCUT2D eigenvalue weighted by Gasteiger charge is 2.24. The first-order valence-electron chi connectivity index (χ1n) is 14.0. The SMILES string of the molecule is COc1ccc(OC)c(CN(C(=O)Oc2c(C)cccc2C)c2ccnc(Nc3ccc(OCCCN(C)C)cc3)n2)c1. The molecule has 4 rings (SSSR count). The average molecular weight is 586 g/mol. The molecule has 0 spiro atoms. The van der Waals surface area contributed by atoms with E-state index in [1.165, 1.54) is 4.90 Å². The Morgan fingerprint density at radius 3 is 2.30 bits per heavy atom. The second-order valence-electron chi connectivity index (χ2n) is 10.2. The number of ether oxygens (including phenoxy) is 4. The fourth-order valence-electron chi connectivity index (χ4n) is 4.41. The Morgan fingerprint density at radius 1 is 0.907 bits per heavy atom. The van der Waals surface area contributed by atoms with Crippen LogP contribution in [-0.4, -0.2) is 62.4 Å². The molecule has 1 heterocycles. The topological polar surface area (TPSA) is 98.3 Å². The number of amides is 1. The van der Waals surface area contributed by atoms with Gasteiger partial charge in [-0.3, -0.25) is 4.90 Å². The van der Waals surface area contributed by atoms with E-state index >= 15 is 0 Å². The number of rotatable bonds is 13. The van der Waals surface area contributed by atoms with Gasteiger partial charge in [-0.1, -0.05) is 18.2 Å². The Morgan fingerprint density at radius 2 is 1.63 bits per heavy atom. The minimum absolute atomic E-state index is 0.112. The van der Waals surface area contributed by atoms with E-state index in [0.29, 0.717) is 35.6 Å². The molecule has 10 nitrogen and oxygen atoms in total. The van der Waals surface area contributed by atoms with Crippen molar-refractivity contribution in [1.29, 1.82) is 0 Å². The Labute approximate surface area is 253 Å². The van der Waals surface area contributed by atoms with Gasteiger partial charge in [0.25, 0.3) is 0 Å². The zero-order chi connectivity index (χ0) is 30.8. The van der Waals surface area contributed by atoms with Crippen molar-refractivity contribution in [3.05, 3.63) is 89.6 Å². The van der Waals surface area contributed by atoms with E-state index in [2.05, 4.69) is 20.2 Å². The highest BCUT2D eigenvalue weighted by atomic mass is 16.6. The van der Waals surface area contributed by atoms with E-state index in [0.717, 1.165) is 41.1 Å². The van der Waals surface area contributed by atoms with Crippen molar-refractivity contribution in [3.8, 4) is 23.0 Å². The van der Waals surface area contributed by atoms with Crippen LogP contribution in [0.3, 0.4) is 0 Å². The second-order valence-corrected chi connectivity index (χ2v) is 10.2. The van der Waals surface area contributed by atoms with E-state index in [9.17, 15) is 4.79 Å². The van der Waals surface area contributed by atoms with Crippen molar-refractivity contribution in [2.24, 2.45) is 0 Å². The summed E-state index contributed by atoms with van der Waals surface area (Å²) >= 11 is 0. The first kappa shape index (κ1) is 31.1. The number of carbonyl (C=O) groups excluding carboxylic acids is 1. The maximum absolute atomic E-state index is 13.8. The normalized spacial score (nSPS) is 10.8. The molecule has 0 aliphatic heterocycles. The van der Waals surface area contributed by atoms with Crippen molar-refractivity contribution in [2.45, 2.75) is 26.8 Å². The van der Waals surface area contributed by atoms with Crippen molar-refractivity contribution in [1.82, 2.24) is 14.9 Å². The third-order valence-corrected chi connectivity index (χ3v) is 6.68. The molecular weight excluding hydrogens is 546 g/mol. The molecule has 0 aliphatic rings. The zero-order valence-electron chi connectivity index (χ0n) is 25.6. The van der Waals surface area contributed by atoms with Gasteiger partial charge in [0.1, 0.15) is 28.8 Å². The number of hydrogen-bond acceptors (Lipinski definition) is 9. The quantitative estimate of drug-likeness (QED) is 0.179. The molecule has 0 aliphatic carbocycles. The Bertz CT molecular complexity index is 1490. The summed E-state index contributed by atoms with van der Waals surface area (Å²) in [5.41, 5.74) is 3.19. The van der Waals surface area contributed by atoms with Gasteiger partial charge < -0.3 is 29.2 Å². The van der Waals surface area contributed by atoms with Gasteiger partial charge in [0.2, 0.25) is 5.95 Å². The molecule has 0 bridgehead atoms. The van der Waals surface area contributed by atoms with Crippen LogP contribution < -0.4 is 29.2 Å². The summed E-state index contributed by atoms with van der Waals surface area (Å²) in [5, 5.41) is 3.21. The number of para-hydroxylation sites is 1. The first-order chi connectivity index (χ1) is 20.8. The van der Waals surface area contributed by atoms with Crippen molar-refractivity contribution in [3.63, 3.8) is 0 Å². The molecule has 0 fully saturated rings. The van der Waals surface area contributed by atoms with E-state index in [1.807, 2.05) is 76.5 Å². The number of carbonyl (C=O) groups is 1. The van der Waals surface area contributed by atoms with Crippen LogP contribution in [0.2, 0.25) is 0 Å². The van der Waals surface area contributed by atoms with E-state index in [4.69, 9.17) is 18.9 Å². The lowest BCUT2D eigenvalue weighted by Gasteiger charge is -2.23. The molecule has 0 saturated carbocycles. The van der Waals surface area contributed by atoms with Gasteiger partial charge >= 0.3 is 6.09 Å². The highest BCUT2D eigenvalue weighted by molar-refractivity contribution is 5.88. The largest absolute Gasteiger partial charge is 0.497 e. The van der Waals surface area contributed by atoms with Gasteiger partial charge in [0.05, 0.1) is 27.4 Å². The molecule has 0 radical (unpaired) electrons. The van der Waals surface area contributed by atoms with Crippen LogP contribution in [-0.2, 0) is 6.54 Å². The molecule has 0 saturated heterocycles. The first-order valence-corrected chi connectivity index (χ1v) is 14.0. The van der Waals surface area contributed by atoms with Crippen LogP contribution in [0.1, 0.15) is 23.1 Å². The summed E-state index contributed by atoms with van der Waals surface area (Å²) in [7, 11) is 7.25. The summed E-state index contributed by atoms with van der Waals surface area (Å²) in [5.74, 6) is 3.19. The van der Waals surface area contributed by atoms with Crippen LogP contribution >= 0.6 is 0 Å². The summed E-state index contributed by atoms with van der Waals surface area (Å²) in [6.07, 6.45) is 1.94. The minimum atomic E-state index is -0.595. The third kappa shape index (κ3) is 8.59. The number of nitrogens with one attached hydrogen (secondary N) is 1. The number of benzene rings is 3. The maximum Gasteiger partial charge on any atom is 0.421 e. The standard InChI is InChI=1S/C33H39N5O5/c1-23-9-7-10-24(2)31(23)43-33(39)38(22-25-21-28(40-5)15-16-29(25)41-6)30-17-18-34-32(36-30)35-26-11-13-27(14-12-26)42-20-8-19-37(3)4/h7,9-18,21H,8,19-20,22H2,1-6H3,(H,34,35,36). The number of nitrogens with zero attached hydrogens (tertiary/aromatic N) is 4. The summed E-state index contributed by atoms with van der Waals surface area (Å²) < 4.78 is 22.8. The molecule has 226 valence electrons. The van der Waals surface area contributed by atoms with Gasteiger partial charge in [0.15, 0.2) is 0 Å². The summed E-state index contributed by atoms with van der Waals surface area (Å²) in [6.45, 7) is 5.52. The number of hydrogen-bond donors (Lipinski definition) is 1. The summed E-state index contributed by atoms with van der Waals surface area (Å²) in [4.78, 5) is 26.4. The lowest BCUT2D eigenvalue weighted by atomic mass is 10.1. The Kier molecular flexibility index (Phi) is 10.8. The number of methoxy groups -OCH3 is 2. The Balaban J connectivity index is 1.58. The molecule has 4 aromatic rings. The van der Waals surface area contributed by atoms with Crippen LogP contribution in [0.5, 0.6) is 23.0 Å². The Hall–Kier alpha value is -4.83. The lowest BCUT2D eigenvalue weighted by Crippen LogP contribution is -2.34. The van der Waals surface area contributed by atoms with Gasteiger partial charge in [-0.2, -0.15) is 4.98 Å². The van der Waals surface area contributed by atoms with E-state index in [1.54, 1.807) is 38.6 Å². The van der Waals surface area contributed by atoms with E-state index < -0.39 is 6.09 Å². The molecule has 0 unspecified atom stereocenters. The molecule has 0 atom stereocenters. The lowest BCUT2D eigenvalue weighted by molar-refractivity contribution is 0.206. The maximum atomic E-state index is 13.8. The van der Waals surface area contributed by atoms with Crippen LogP contribution in [0.4, 0.5) is 22.2 Å². The van der Waals surface area contributed by atoms with E-state index in [-0.39, 0.29) is 6.54 Å². The van der Waals surface area contributed by atoms with Gasteiger partial charge in [-0.05, 0) is 94.0 Å². The number of aromatic nitrogens is 2. The molecular formula is C33H39N5O5. The predicted molar refractivity (Wildman–Crippen MR) is 168 cm³/mol. The number of anilines is 3. The van der Waals surface area contributed by atoms with Gasteiger partial charge in [-0.15, -0.1) is 0 Å². The van der Waals surface area contributed by atoms with Crippen molar-refractivity contribution < 1.29 is 23.7 Å². The molecule has 1 amide bonds. The summed E-state index contributed by atoms with van der Waals surface area (Å²) in [6, 6.07) is 20.4. The van der Waals surface area contributed by atoms with Crippen molar-refractivity contribution >= 4 is 23.5 Å². The van der Waals surface area contributed by atoms with Crippen molar-refractivity contribution in [2.75, 3.05) is 51.7 Å². The molecule has 10 heteroatoms.